The van der Waals surface area contributed by atoms with Gasteiger partial charge in [0.2, 0.25) is 0 Å². The smallest absolute Gasteiger partial charge is 0.263 e. The van der Waals surface area contributed by atoms with Crippen molar-refractivity contribution in [1.29, 1.82) is 0 Å². The van der Waals surface area contributed by atoms with Gasteiger partial charge in [0, 0.05) is 28.3 Å². The van der Waals surface area contributed by atoms with Gasteiger partial charge in [0.1, 0.15) is 46.0 Å². The van der Waals surface area contributed by atoms with E-state index in [9.17, 15) is 14.4 Å². The first kappa shape index (κ1) is 45.3. The van der Waals surface area contributed by atoms with Crippen molar-refractivity contribution in [3.8, 4) is 46.0 Å². The standard InChI is InChI=1S/C59H54N2O7/c1-33(2)45-18-13-21-52(37(45)7)67-54-23-15-25-56(39(54)9)68-55-24-14-22-53(38(55)8)66-51-20-12-17-42(36(51)6)30-41-16-11-19-50(35(41)5)61-40(10)48-31-43(26-28-46(48)58(61)63)65-44-27-29-47-49(32-44)59(64)60(34(3)4)57(47)62/h11-29,31-34H,10,30H2,1-9H3. The minimum absolute atomic E-state index is 0.181. The van der Waals surface area contributed by atoms with Crippen molar-refractivity contribution in [3.63, 3.8) is 0 Å². The summed E-state index contributed by atoms with van der Waals surface area (Å²) < 4.78 is 25.9. The van der Waals surface area contributed by atoms with E-state index in [0.29, 0.717) is 69.0 Å². The monoisotopic (exact) mass is 902 g/mol. The quantitative estimate of drug-likeness (QED) is 0.106. The number of imide groups is 1. The zero-order chi connectivity index (χ0) is 48.1. The zero-order valence-corrected chi connectivity index (χ0v) is 39.9. The number of rotatable bonds is 13. The summed E-state index contributed by atoms with van der Waals surface area (Å²) in [5, 5.41) is 0. The summed E-state index contributed by atoms with van der Waals surface area (Å²) in [6, 6.07) is 39.8. The van der Waals surface area contributed by atoms with Crippen LogP contribution in [0.4, 0.5) is 5.69 Å². The summed E-state index contributed by atoms with van der Waals surface area (Å²) in [5.74, 6) is 4.79. The van der Waals surface area contributed by atoms with E-state index in [1.165, 1.54) is 10.5 Å². The molecule has 342 valence electrons. The molecule has 0 spiro atoms. The molecule has 0 bridgehead atoms. The van der Waals surface area contributed by atoms with Crippen LogP contribution in [-0.2, 0) is 6.42 Å². The fourth-order valence-electron chi connectivity index (χ4n) is 9.16. The number of carbonyl (C=O) groups is 3. The van der Waals surface area contributed by atoms with Crippen molar-refractivity contribution in [2.24, 2.45) is 0 Å². The topological polar surface area (TPSA) is 94.6 Å². The highest BCUT2D eigenvalue weighted by Crippen LogP contribution is 2.43. The number of ether oxygens (including phenoxy) is 4. The first-order valence-corrected chi connectivity index (χ1v) is 23.0. The highest BCUT2D eigenvalue weighted by atomic mass is 16.5. The van der Waals surface area contributed by atoms with Gasteiger partial charge in [-0.1, -0.05) is 69.0 Å². The van der Waals surface area contributed by atoms with Gasteiger partial charge in [0.15, 0.2) is 0 Å². The molecule has 7 aromatic rings. The maximum absolute atomic E-state index is 14.1. The van der Waals surface area contributed by atoms with Crippen molar-refractivity contribution >= 4 is 29.1 Å². The zero-order valence-electron chi connectivity index (χ0n) is 39.9. The average molecular weight is 903 g/mol. The van der Waals surface area contributed by atoms with Crippen LogP contribution in [0.3, 0.4) is 0 Å². The van der Waals surface area contributed by atoms with Crippen molar-refractivity contribution in [1.82, 2.24) is 4.90 Å². The second kappa shape index (κ2) is 18.1. The highest BCUT2D eigenvalue weighted by molar-refractivity contribution is 6.23. The second-order valence-electron chi connectivity index (χ2n) is 18.1. The van der Waals surface area contributed by atoms with E-state index < -0.39 is 0 Å². The molecular formula is C59H54N2O7. The Hall–Kier alpha value is -7.91. The molecule has 0 N–H and O–H groups in total. The molecule has 2 aliphatic rings. The van der Waals surface area contributed by atoms with Gasteiger partial charge in [-0.3, -0.25) is 24.2 Å². The molecule has 0 aromatic heterocycles. The van der Waals surface area contributed by atoms with Gasteiger partial charge in [-0.2, -0.15) is 0 Å². The van der Waals surface area contributed by atoms with Crippen molar-refractivity contribution in [3.05, 3.63) is 201 Å². The minimum atomic E-state index is -0.343. The summed E-state index contributed by atoms with van der Waals surface area (Å²) in [6.07, 6.45) is 0.604. The van der Waals surface area contributed by atoms with E-state index in [1.54, 1.807) is 55.1 Å². The van der Waals surface area contributed by atoms with E-state index in [4.69, 9.17) is 18.9 Å². The molecule has 0 radical (unpaired) electrons. The first-order chi connectivity index (χ1) is 32.6. The number of hydrogen-bond donors (Lipinski definition) is 0. The number of fused-ring (bicyclic) bond motifs is 2. The van der Waals surface area contributed by atoms with Crippen LogP contribution in [0.2, 0.25) is 0 Å². The van der Waals surface area contributed by atoms with E-state index in [2.05, 4.69) is 52.5 Å². The Morgan fingerprint density at radius 1 is 0.456 bits per heavy atom. The molecule has 0 saturated heterocycles. The van der Waals surface area contributed by atoms with E-state index in [0.717, 1.165) is 61.9 Å². The van der Waals surface area contributed by atoms with Crippen LogP contribution in [0.25, 0.3) is 5.70 Å². The van der Waals surface area contributed by atoms with Crippen LogP contribution < -0.4 is 23.8 Å². The van der Waals surface area contributed by atoms with Crippen LogP contribution >= 0.6 is 0 Å². The second-order valence-corrected chi connectivity index (χ2v) is 18.1. The highest BCUT2D eigenvalue weighted by Gasteiger charge is 2.38. The molecule has 2 aliphatic heterocycles. The lowest BCUT2D eigenvalue weighted by Crippen LogP contribution is -2.35. The van der Waals surface area contributed by atoms with Crippen LogP contribution in [-0.4, -0.2) is 28.7 Å². The summed E-state index contributed by atoms with van der Waals surface area (Å²) in [4.78, 5) is 42.8. The van der Waals surface area contributed by atoms with Gasteiger partial charge in [-0.15, -0.1) is 0 Å². The molecule has 0 saturated carbocycles. The molecule has 9 rings (SSSR count). The lowest BCUT2D eigenvalue weighted by atomic mass is 9.95. The van der Waals surface area contributed by atoms with Crippen LogP contribution in [0.15, 0.2) is 134 Å². The Kier molecular flexibility index (Phi) is 12.0. The van der Waals surface area contributed by atoms with Crippen LogP contribution in [0.5, 0.6) is 46.0 Å². The van der Waals surface area contributed by atoms with E-state index >= 15 is 0 Å². The van der Waals surface area contributed by atoms with Crippen molar-refractivity contribution in [2.45, 2.75) is 80.7 Å². The molecule has 0 aliphatic carbocycles. The minimum Gasteiger partial charge on any atom is -0.457 e. The Morgan fingerprint density at radius 3 is 1.44 bits per heavy atom. The molecule has 9 heteroatoms. The van der Waals surface area contributed by atoms with E-state index in [1.807, 2.05) is 93.6 Å². The molecule has 9 nitrogen and oxygen atoms in total. The summed E-state index contributed by atoms with van der Waals surface area (Å²) in [7, 11) is 0. The Labute approximate surface area is 398 Å². The molecule has 2 heterocycles. The maximum atomic E-state index is 14.1. The fraction of sp³-hybridized carbons (Fsp3) is 0.203. The normalized spacial score (nSPS) is 13.2. The number of hydrogen-bond acceptors (Lipinski definition) is 7. The molecule has 0 atom stereocenters. The van der Waals surface area contributed by atoms with Crippen LogP contribution in [0.1, 0.15) is 115 Å². The van der Waals surface area contributed by atoms with Gasteiger partial charge in [-0.05, 0) is 173 Å². The third kappa shape index (κ3) is 8.19. The number of anilines is 1. The van der Waals surface area contributed by atoms with Gasteiger partial charge >= 0.3 is 0 Å². The average Bonchev–Trinajstić information content (AvgIpc) is 3.71. The van der Waals surface area contributed by atoms with Crippen molar-refractivity contribution in [2.75, 3.05) is 4.90 Å². The summed E-state index contributed by atoms with van der Waals surface area (Å²) >= 11 is 0. The van der Waals surface area contributed by atoms with Gasteiger partial charge in [0.25, 0.3) is 17.7 Å². The maximum Gasteiger partial charge on any atom is 0.263 e. The largest absolute Gasteiger partial charge is 0.457 e. The lowest BCUT2D eigenvalue weighted by molar-refractivity contribution is 0.0608. The fourth-order valence-corrected chi connectivity index (χ4v) is 9.16. The number of carbonyl (C=O) groups excluding carboxylic acids is 3. The van der Waals surface area contributed by atoms with Gasteiger partial charge in [-0.25, -0.2) is 0 Å². The molecular weight excluding hydrogens is 849 g/mol. The predicted molar refractivity (Wildman–Crippen MR) is 267 cm³/mol. The molecule has 0 fully saturated rings. The molecule has 7 aromatic carbocycles. The molecule has 68 heavy (non-hydrogen) atoms. The number of benzene rings is 7. The lowest BCUT2D eigenvalue weighted by Gasteiger charge is -2.22. The molecule has 0 unspecified atom stereocenters. The third-order valence-electron chi connectivity index (χ3n) is 13.2. The third-order valence-corrected chi connectivity index (χ3v) is 13.2. The van der Waals surface area contributed by atoms with Gasteiger partial charge in [0.05, 0.1) is 22.5 Å². The van der Waals surface area contributed by atoms with Crippen molar-refractivity contribution < 1.29 is 33.3 Å². The number of amides is 3. The summed E-state index contributed by atoms with van der Waals surface area (Å²) in [5.41, 5.74) is 11.3. The Morgan fingerprint density at radius 2 is 0.897 bits per heavy atom. The van der Waals surface area contributed by atoms with Gasteiger partial charge < -0.3 is 18.9 Å². The predicted octanol–water partition coefficient (Wildman–Crippen LogP) is 14.7. The first-order valence-electron chi connectivity index (χ1n) is 23.0. The Bertz CT molecular complexity index is 3220. The van der Waals surface area contributed by atoms with E-state index in [-0.39, 0.29) is 23.8 Å². The summed E-state index contributed by atoms with van der Waals surface area (Å²) in [6.45, 7) is 22.6. The SMILES string of the molecule is C=C1c2cc(Oc3ccc4c(c3)C(=O)N(C(C)C)C4=O)ccc2C(=O)N1c1cccc(Cc2cccc(Oc3cccc(Oc4cccc(Oc5cccc(C(C)C)c5C)c4C)c3C)c2C)c1C. The number of nitrogens with zero attached hydrogens (tertiary/aromatic N) is 2. The Balaban J connectivity index is 0.903. The van der Waals surface area contributed by atoms with Crippen LogP contribution in [0, 0.1) is 34.6 Å². The molecule has 3 amide bonds.